The van der Waals surface area contributed by atoms with Crippen molar-refractivity contribution in [3.8, 4) is 5.75 Å². The Balaban J connectivity index is 1.79. The van der Waals surface area contributed by atoms with Crippen molar-refractivity contribution in [1.82, 2.24) is 5.32 Å². The number of ether oxygens (including phenoxy) is 1. The number of amides is 1. The SMILES string of the molecule is O=C1NCc2cccc(OCc3ccc(Cl)cc3)c21. The second-order valence-corrected chi connectivity index (χ2v) is 4.82. The average molecular weight is 274 g/mol. The summed E-state index contributed by atoms with van der Waals surface area (Å²) in [6.07, 6.45) is 0. The molecular weight excluding hydrogens is 262 g/mol. The monoisotopic (exact) mass is 273 g/mol. The van der Waals surface area contributed by atoms with Crippen molar-refractivity contribution < 1.29 is 9.53 Å². The lowest BCUT2D eigenvalue weighted by Crippen LogP contribution is -2.13. The largest absolute Gasteiger partial charge is 0.488 e. The number of fused-ring (bicyclic) bond motifs is 1. The molecule has 0 unspecified atom stereocenters. The van der Waals surface area contributed by atoms with Gasteiger partial charge in [-0.15, -0.1) is 0 Å². The van der Waals surface area contributed by atoms with Crippen LogP contribution >= 0.6 is 11.6 Å². The highest BCUT2D eigenvalue weighted by Crippen LogP contribution is 2.27. The molecule has 0 atom stereocenters. The van der Waals surface area contributed by atoms with Crippen molar-refractivity contribution in [2.24, 2.45) is 0 Å². The van der Waals surface area contributed by atoms with E-state index in [0.29, 0.717) is 29.5 Å². The zero-order chi connectivity index (χ0) is 13.2. The average Bonchev–Trinajstić information content (AvgIpc) is 2.81. The van der Waals surface area contributed by atoms with Gasteiger partial charge in [-0.1, -0.05) is 35.9 Å². The highest BCUT2D eigenvalue weighted by molar-refractivity contribution is 6.30. The quantitative estimate of drug-likeness (QED) is 0.933. The molecular formula is C15H12ClNO2. The zero-order valence-corrected chi connectivity index (χ0v) is 10.9. The fraction of sp³-hybridized carbons (Fsp3) is 0.133. The van der Waals surface area contributed by atoms with E-state index in [-0.39, 0.29) is 5.91 Å². The normalized spacial score (nSPS) is 13.0. The Morgan fingerprint density at radius 1 is 1.16 bits per heavy atom. The van der Waals surface area contributed by atoms with Gasteiger partial charge in [0, 0.05) is 11.6 Å². The van der Waals surface area contributed by atoms with Gasteiger partial charge in [0.25, 0.3) is 5.91 Å². The van der Waals surface area contributed by atoms with Crippen LogP contribution < -0.4 is 10.1 Å². The van der Waals surface area contributed by atoms with Crippen molar-refractivity contribution in [1.29, 1.82) is 0 Å². The second-order valence-electron chi connectivity index (χ2n) is 4.39. The van der Waals surface area contributed by atoms with E-state index < -0.39 is 0 Å². The van der Waals surface area contributed by atoms with Gasteiger partial charge in [0.2, 0.25) is 0 Å². The Hall–Kier alpha value is -2.00. The molecule has 0 saturated carbocycles. The number of rotatable bonds is 3. The van der Waals surface area contributed by atoms with Gasteiger partial charge in [0.15, 0.2) is 0 Å². The third kappa shape index (κ3) is 2.42. The number of hydrogen-bond acceptors (Lipinski definition) is 2. The van der Waals surface area contributed by atoms with Gasteiger partial charge in [-0.05, 0) is 29.3 Å². The van der Waals surface area contributed by atoms with E-state index in [4.69, 9.17) is 16.3 Å². The molecule has 1 aliphatic rings. The molecule has 19 heavy (non-hydrogen) atoms. The fourth-order valence-corrected chi connectivity index (χ4v) is 2.23. The van der Waals surface area contributed by atoms with Gasteiger partial charge in [-0.2, -0.15) is 0 Å². The van der Waals surface area contributed by atoms with Gasteiger partial charge < -0.3 is 10.1 Å². The summed E-state index contributed by atoms with van der Waals surface area (Å²) in [6, 6.07) is 13.1. The molecule has 2 aromatic carbocycles. The summed E-state index contributed by atoms with van der Waals surface area (Å²) in [5, 5.41) is 3.49. The zero-order valence-electron chi connectivity index (χ0n) is 10.2. The second kappa shape index (κ2) is 4.94. The van der Waals surface area contributed by atoms with Crippen molar-refractivity contribution in [3.63, 3.8) is 0 Å². The standard InChI is InChI=1S/C15H12ClNO2/c16-12-6-4-10(5-7-12)9-19-13-3-1-2-11-8-17-15(18)14(11)13/h1-7H,8-9H2,(H,17,18). The van der Waals surface area contributed by atoms with Gasteiger partial charge in [-0.25, -0.2) is 0 Å². The first-order valence-electron chi connectivity index (χ1n) is 6.01. The van der Waals surface area contributed by atoms with Crippen LogP contribution in [0.1, 0.15) is 21.5 Å². The minimum Gasteiger partial charge on any atom is -0.488 e. The van der Waals surface area contributed by atoms with E-state index in [1.807, 2.05) is 42.5 Å². The number of halogens is 1. The van der Waals surface area contributed by atoms with E-state index >= 15 is 0 Å². The molecule has 0 saturated heterocycles. The van der Waals surface area contributed by atoms with Crippen LogP contribution in [0.2, 0.25) is 5.02 Å². The number of carbonyl (C=O) groups excluding carboxylic acids is 1. The molecule has 4 heteroatoms. The first-order valence-corrected chi connectivity index (χ1v) is 6.39. The van der Waals surface area contributed by atoms with Crippen molar-refractivity contribution in [2.45, 2.75) is 13.2 Å². The molecule has 0 bridgehead atoms. The molecule has 0 radical (unpaired) electrons. The Morgan fingerprint density at radius 2 is 1.95 bits per heavy atom. The summed E-state index contributed by atoms with van der Waals surface area (Å²) in [4.78, 5) is 11.7. The molecule has 0 fully saturated rings. The minimum atomic E-state index is -0.0679. The number of benzene rings is 2. The highest BCUT2D eigenvalue weighted by Gasteiger charge is 2.22. The van der Waals surface area contributed by atoms with Crippen LogP contribution in [0.3, 0.4) is 0 Å². The Morgan fingerprint density at radius 3 is 2.74 bits per heavy atom. The van der Waals surface area contributed by atoms with E-state index in [0.717, 1.165) is 11.1 Å². The van der Waals surface area contributed by atoms with Gasteiger partial charge in [-0.3, -0.25) is 4.79 Å². The first kappa shape index (κ1) is 12.1. The lowest BCUT2D eigenvalue weighted by molar-refractivity contribution is 0.0962. The summed E-state index contributed by atoms with van der Waals surface area (Å²) in [5.74, 6) is 0.559. The van der Waals surface area contributed by atoms with Crippen molar-refractivity contribution in [2.75, 3.05) is 0 Å². The Bertz CT molecular complexity index is 623. The molecule has 0 aromatic heterocycles. The molecule has 2 aromatic rings. The molecule has 1 aliphatic heterocycles. The predicted molar refractivity (Wildman–Crippen MR) is 73.4 cm³/mol. The summed E-state index contributed by atoms with van der Waals surface area (Å²) in [6.45, 7) is 0.993. The summed E-state index contributed by atoms with van der Waals surface area (Å²) >= 11 is 5.83. The maximum atomic E-state index is 11.7. The first-order chi connectivity index (χ1) is 9.24. The molecule has 0 aliphatic carbocycles. The molecule has 3 rings (SSSR count). The number of nitrogens with one attached hydrogen (secondary N) is 1. The maximum absolute atomic E-state index is 11.7. The smallest absolute Gasteiger partial charge is 0.255 e. The van der Waals surface area contributed by atoms with E-state index in [1.54, 1.807) is 0 Å². The van der Waals surface area contributed by atoms with Crippen LogP contribution in [0.25, 0.3) is 0 Å². The minimum absolute atomic E-state index is 0.0679. The lowest BCUT2D eigenvalue weighted by atomic mass is 10.1. The molecule has 1 amide bonds. The molecule has 3 nitrogen and oxygen atoms in total. The van der Waals surface area contributed by atoms with Crippen LogP contribution in [0.15, 0.2) is 42.5 Å². The van der Waals surface area contributed by atoms with Gasteiger partial charge in [0.1, 0.15) is 12.4 Å². The van der Waals surface area contributed by atoms with E-state index in [2.05, 4.69) is 5.32 Å². The Kier molecular flexibility index (Phi) is 3.13. The number of carbonyl (C=O) groups is 1. The van der Waals surface area contributed by atoms with Gasteiger partial charge in [0.05, 0.1) is 5.56 Å². The Labute approximate surface area is 116 Å². The molecule has 0 spiro atoms. The van der Waals surface area contributed by atoms with Crippen LogP contribution in [-0.4, -0.2) is 5.91 Å². The predicted octanol–water partition coefficient (Wildman–Crippen LogP) is 3.16. The highest BCUT2D eigenvalue weighted by atomic mass is 35.5. The summed E-state index contributed by atoms with van der Waals surface area (Å²) < 4.78 is 5.74. The topological polar surface area (TPSA) is 38.3 Å². The van der Waals surface area contributed by atoms with Crippen molar-refractivity contribution in [3.05, 3.63) is 64.2 Å². The van der Waals surface area contributed by atoms with E-state index in [1.165, 1.54) is 0 Å². The third-order valence-electron chi connectivity index (χ3n) is 3.09. The van der Waals surface area contributed by atoms with Crippen LogP contribution in [0.4, 0.5) is 0 Å². The number of hydrogen-bond donors (Lipinski definition) is 1. The maximum Gasteiger partial charge on any atom is 0.255 e. The van der Waals surface area contributed by atoms with Gasteiger partial charge >= 0.3 is 0 Å². The van der Waals surface area contributed by atoms with E-state index in [9.17, 15) is 4.79 Å². The van der Waals surface area contributed by atoms with Crippen LogP contribution in [-0.2, 0) is 13.2 Å². The van der Waals surface area contributed by atoms with Crippen LogP contribution in [0.5, 0.6) is 5.75 Å². The summed E-state index contributed by atoms with van der Waals surface area (Å²) in [7, 11) is 0. The fourth-order valence-electron chi connectivity index (χ4n) is 2.11. The lowest BCUT2D eigenvalue weighted by Gasteiger charge is -2.09. The molecule has 96 valence electrons. The molecule has 1 N–H and O–H groups in total. The van der Waals surface area contributed by atoms with Crippen LogP contribution in [0, 0.1) is 0 Å². The van der Waals surface area contributed by atoms with Crippen molar-refractivity contribution >= 4 is 17.5 Å². The molecule has 1 heterocycles. The third-order valence-corrected chi connectivity index (χ3v) is 3.34. The summed E-state index contributed by atoms with van der Waals surface area (Å²) in [5.41, 5.74) is 2.65.